The molecule has 0 saturated heterocycles. The van der Waals surface area contributed by atoms with Crippen LogP contribution in [0.5, 0.6) is 5.75 Å². The molecule has 5 heteroatoms. The van der Waals surface area contributed by atoms with Crippen LogP contribution in [0.15, 0.2) is 53.0 Å². The van der Waals surface area contributed by atoms with E-state index in [9.17, 15) is 4.79 Å². The Kier molecular flexibility index (Phi) is 5.98. The summed E-state index contributed by atoms with van der Waals surface area (Å²) in [5.41, 5.74) is 1.94. The number of methoxy groups -OCH3 is 1. The molecule has 0 bridgehead atoms. The predicted octanol–water partition coefficient (Wildman–Crippen LogP) is 3.53. The molecule has 2 aromatic carbocycles. The fourth-order valence-electron chi connectivity index (χ4n) is 2.08. The first-order valence-corrected chi connectivity index (χ1v) is 7.73. The monoisotopic (exact) mass is 362 g/mol. The molecule has 2 rings (SSSR count). The number of anilines is 1. The van der Waals surface area contributed by atoms with Crippen molar-refractivity contribution in [2.75, 3.05) is 26.0 Å². The lowest BCUT2D eigenvalue weighted by Crippen LogP contribution is -2.29. The molecule has 116 valence electrons. The molecule has 0 heterocycles. The van der Waals surface area contributed by atoms with E-state index in [1.807, 2.05) is 60.5 Å². The Balaban J connectivity index is 1.83. The molecule has 0 aliphatic heterocycles. The predicted molar refractivity (Wildman–Crippen MR) is 92.1 cm³/mol. The second-order valence-corrected chi connectivity index (χ2v) is 5.99. The van der Waals surface area contributed by atoms with E-state index in [2.05, 4.69) is 21.2 Å². The normalized spacial score (nSPS) is 10.5. The van der Waals surface area contributed by atoms with Crippen LogP contribution in [0.25, 0.3) is 0 Å². The van der Waals surface area contributed by atoms with Crippen LogP contribution in [-0.2, 0) is 11.3 Å². The van der Waals surface area contributed by atoms with Crippen molar-refractivity contribution in [1.29, 1.82) is 0 Å². The largest absolute Gasteiger partial charge is 0.497 e. The summed E-state index contributed by atoms with van der Waals surface area (Å²) in [6, 6.07) is 15.4. The summed E-state index contributed by atoms with van der Waals surface area (Å²) in [4.78, 5) is 14.0. The number of nitrogens with zero attached hydrogens (tertiary/aromatic N) is 1. The molecule has 0 aliphatic carbocycles. The van der Waals surface area contributed by atoms with Crippen LogP contribution in [0.2, 0.25) is 0 Å². The highest BCUT2D eigenvalue weighted by Gasteiger charge is 2.07. The first-order valence-electron chi connectivity index (χ1n) is 6.93. The molecule has 0 aliphatic rings. The van der Waals surface area contributed by atoms with E-state index in [1.54, 1.807) is 7.11 Å². The van der Waals surface area contributed by atoms with Gasteiger partial charge in [-0.05, 0) is 49.0 Å². The van der Waals surface area contributed by atoms with Crippen molar-refractivity contribution in [3.05, 3.63) is 58.6 Å². The summed E-state index contributed by atoms with van der Waals surface area (Å²) in [5.74, 6) is 0.732. The fourth-order valence-corrected chi connectivity index (χ4v) is 2.34. The summed E-state index contributed by atoms with van der Waals surface area (Å²) >= 11 is 3.41. The molecule has 0 radical (unpaired) electrons. The van der Waals surface area contributed by atoms with Crippen molar-refractivity contribution in [1.82, 2.24) is 4.90 Å². The minimum Gasteiger partial charge on any atom is -0.497 e. The van der Waals surface area contributed by atoms with Gasteiger partial charge in [0.15, 0.2) is 0 Å². The van der Waals surface area contributed by atoms with Crippen molar-refractivity contribution in [3.63, 3.8) is 0 Å². The molecule has 2 aromatic rings. The molecular weight excluding hydrogens is 344 g/mol. The minimum absolute atomic E-state index is 0.0372. The number of hydrogen-bond acceptors (Lipinski definition) is 3. The van der Waals surface area contributed by atoms with E-state index in [-0.39, 0.29) is 5.91 Å². The van der Waals surface area contributed by atoms with Crippen LogP contribution in [0.3, 0.4) is 0 Å². The average molecular weight is 363 g/mol. The number of hydrogen-bond donors (Lipinski definition) is 1. The van der Waals surface area contributed by atoms with Crippen molar-refractivity contribution >= 4 is 27.5 Å². The van der Waals surface area contributed by atoms with Gasteiger partial charge in [0.25, 0.3) is 0 Å². The molecule has 0 fully saturated rings. The molecule has 0 saturated carbocycles. The number of rotatable bonds is 6. The first kappa shape index (κ1) is 16.5. The SMILES string of the molecule is COc1ccc(NC(=O)CN(C)Cc2ccc(Br)cc2)cc1. The van der Waals surface area contributed by atoms with Crippen LogP contribution in [0.1, 0.15) is 5.56 Å². The van der Waals surface area contributed by atoms with Gasteiger partial charge in [0, 0.05) is 16.7 Å². The van der Waals surface area contributed by atoms with Gasteiger partial charge in [-0.1, -0.05) is 28.1 Å². The number of nitrogens with one attached hydrogen (secondary N) is 1. The minimum atomic E-state index is -0.0372. The van der Waals surface area contributed by atoms with Gasteiger partial charge in [0.1, 0.15) is 5.75 Å². The maximum absolute atomic E-state index is 12.0. The molecule has 0 spiro atoms. The third-order valence-electron chi connectivity index (χ3n) is 3.15. The van der Waals surface area contributed by atoms with E-state index in [1.165, 1.54) is 5.56 Å². The van der Waals surface area contributed by atoms with Crippen molar-refractivity contribution in [3.8, 4) is 5.75 Å². The third kappa shape index (κ3) is 5.16. The number of carbonyl (C=O) groups excluding carboxylic acids is 1. The number of likely N-dealkylation sites (N-methyl/N-ethyl adjacent to an activating group) is 1. The summed E-state index contributed by atoms with van der Waals surface area (Å²) < 4.78 is 6.14. The number of benzene rings is 2. The molecule has 1 N–H and O–H groups in total. The average Bonchev–Trinajstić information content (AvgIpc) is 2.50. The molecule has 4 nitrogen and oxygen atoms in total. The lowest BCUT2D eigenvalue weighted by atomic mass is 10.2. The number of halogens is 1. The number of ether oxygens (including phenoxy) is 1. The highest BCUT2D eigenvalue weighted by Crippen LogP contribution is 2.15. The van der Waals surface area contributed by atoms with E-state index in [0.29, 0.717) is 6.54 Å². The van der Waals surface area contributed by atoms with Gasteiger partial charge in [-0.3, -0.25) is 9.69 Å². The zero-order valence-corrected chi connectivity index (χ0v) is 14.3. The maximum atomic E-state index is 12.0. The second-order valence-electron chi connectivity index (χ2n) is 5.08. The lowest BCUT2D eigenvalue weighted by Gasteiger charge is -2.16. The molecular formula is C17H19BrN2O2. The molecule has 0 atom stereocenters. The van der Waals surface area contributed by atoms with Crippen LogP contribution in [-0.4, -0.2) is 31.5 Å². The summed E-state index contributed by atoms with van der Waals surface area (Å²) in [5, 5.41) is 2.88. The molecule has 0 aromatic heterocycles. The van der Waals surface area contributed by atoms with E-state index >= 15 is 0 Å². The topological polar surface area (TPSA) is 41.6 Å². The quantitative estimate of drug-likeness (QED) is 0.854. The molecule has 1 amide bonds. The first-order chi connectivity index (χ1) is 10.6. The molecule has 22 heavy (non-hydrogen) atoms. The van der Waals surface area contributed by atoms with Crippen LogP contribution in [0, 0.1) is 0 Å². The van der Waals surface area contributed by atoms with E-state index < -0.39 is 0 Å². The highest BCUT2D eigenvalue weighted by atomic mass is 79.9. The smallest absolute Gasteiger partial charge is 0.238 e. The number of amides is 1. The standard InChI is InChI=1S/C17H19BrN2O2/c1-20(11-13-3-5-14(18)6-4-13)12-17(21)19-15-7-9-16(22-2)10-8-15/h3-10H,11-12H2,1-2H3,(H,19,21). The summed E-state index contributed by atoms with van der Waals surface area (Å²) in [6.07, 6.45) is 0. The van der Waals surface area contributed by atoms with Gasteiger partial charge in [0.05, 0.1) is 13.7 Å². The van der Waals surface area contributed by atoms with E-state index in [0.717, 1.165) is 22.5 Å². The Labute approximate surface area is 139 Å². The Bertz CT molecular complexity index is 612. The highest BCUT2D eigenvalue weighted by molar-refractivity contribution is 9.10. The van der Waals surface area contributed by atoms with Gasteiger partial charge in [0.2, 0.25) is 5.91 Å². The van der Waals surface area contributed by atoms with Crippen molar-refractivity contribution in [2.45, 2.75) is 6.54 Å². The Morgan fingerprint density at radius 3 is 2.36 bits per heavy atom. The van der Waals surface area contributed by atoms with Crippen molar-refractivity contribution in [2.24, 2.45) is 0 Å². The van der Waals surface area contributed by atoms with E-state index in [4.69, 9.17) is 4.74 Å². The van der Waals surface area contributed by atoms with Crippen LogP contribution in [0.4, 0.5) is 5.69 Å². The van der Waals surface area contributed by atoms with Crippen LogP contribution < -0.4 is 10.1 Å². The zero-order chi connectivity index (χ0) is 15.9. The van der Waals surface area contributed by atoms with Crippen molar-refractivity contribution < 1.29 is 9.53 Å². The third-order valence-corrected chi connectivity index (χ3v) is 3.68. The Morgan fingerprint density at radius 1 is 1.14 bits per heavy atom. The lowest BCUT2D eigenvalue weighted by molar-refractivity contribution is -0.117. The summed E-state index contributed by atoms with van der Waals surface area (Å²) in [6.45, 7) is 1.06. The Hall–Kier alpha value is -1.85. The summed E-state index contributed by atoms with van der Waals surface area (Å²) in [7, 11) is 3.54. The number of carbonyl (C=O) groups is 1. The second kappa shape index (κ2) is 7.96. The van der Waals surface area contributed by atoms with Gasteiger partial charge in [-0.15, -0.1) is 0 Å². The van der Waals surface area contributed by atoms with Gasteiger partial charge < -0.3 is 10.1 Å². The van der Waals surface area contributed by atoms with Crippen LogP contribution >= 0.6 is 15.9 Å². The zero-order valence-electron chi connectivity index (χ0n) is 12.7. The Morgan fingerprint density at radius 2 is 1.77 bits per heavy atom. The van der Waals surface area contributed by atoms with Gasteiger partial charge >= 0.3 is 0 Å². The van der Waals surface area contributed by atoms with Gasteiger partial charge in [-0.2, -0.15) is 0 Å². The maximum Gasteiger partial charge on any atom is 0.238 e. The molecule has 0 unspecified atom stereocenters. The fraction of sp³-hybridized carbons (Fsp3) is 0.235. The van der Waals surface area contributed by atoms with Gasteiger partial charge in [-0.25, -0.2) is 0 Å².